The Morgan fingerprint density at radius 3 is 2.47 bits per heavy atom. The van der Waals surface area contributed by atoms with Crippen LogP contribution in [-0.4, -0.2) is 41.8 Å². The van der Waals surface area contributed by atoms with Crippen molar-refractivity contribution in [3.8, 4) is 0 Å². The van der Waals surface area contributed by atoms with Gasteiger partial charge in [-0.2, -0.15) is 0 Å². The van der Waals surface area contributed by atoms with Gasteiger partial charge in [-0.25, -0.2) is 0 Å². The van der Waals surface area contributed by atoms with Gasteiger partial charge in [0.05, 0.1) is 11.7 Å². The van der Waals surface area contributed by atoms with Crippen LogP contribution in [0.3, 0.4) is 0 Å². The molecule has 0 bridgehead atoms. The zero-order chi connectivity index (χ0) is 13.9. The largest absolute Gasteiger partial charge is 0.370 e. The van der Waals surface area contributed by atoms with Gasteiger partial charge < -0.3 is 10.5 Å². The van der Waals surface area contributed by atoms with E-state index in [0.717, 1.165) is 26.1 Å². The number of hydrogen-bond acceptors (Lipinski definition) is 3. The molecule has 1 saturated carbocycles. The van der Waals surface area contributed by atoms with Gasteiger partial charge in [0, 0.05) is 18.6 Å². The SMILES string of the molecule is CCN(CC1CCC2(CCCC2)O1)C(C)(CC)CN. The van der Waals surface area contributed by atoms with Crippen LogP contribution in [0.1, 0.15) is 65.7 Å². The second-order valence-corrected chi connectivity index (χ2v) is 6.76. The molecule has 0 aromatic carbocycles. The van der Waals surface area contributed by atoms with E-state index in [4.69, 9.17) is 10.5 Å². The molecule has 1 aliphatic heterocycles. The molecule has 112 valence electrons. The predicted molar refractivity (Wildman–Crippen MR) is 80.3 cm³/mol. The van der Waals surface area contributed by atoms with Gasteiger partial charge in [0.15, 0.2) is 0 Å². The maximum absolute atomic E-state index is 6.44. The first kappa shape index (κ1) is 15.3. The van der Waals surface area contributed by atoms with Crippen LogP contribution in [0.2, 0.25) is 0 Å². The van der Waals surface area contributed by atoms with Gasteiger partial charge in [0.2, 0.25) is 0 Å². The van der Waals surface area contributed by atoms with Gasteiger partial charge in [-0.3, -0.25) is 4.90 Å². The average Bonchev–Trinajstić information content (AvgIpc) is 3.06. The van der Waals surface area contributed by atoms with E-state index in [2.05, 4.69) is 25.7 Å². The van der Waals surface area contributed by atoms with Crippen molar-refractivity contribution in [2.45, 2.75) is 83.0 Å². The summed E-state index contributed by atoms with van der Waals surface area (Å²) in [6.07, 6.45) is 9.35. The van der Waals surface area contributed by atoms with Crippen molar-refractivity contribution >= 4 is 0 Å². The van der Waals surface area contributed by atoms with Crippen LogP contribution in [0.5, 0.6) is 0 Å². The fraction of sp³-hybridized carbons (Fsp3) is 1.00. The van der Waals surface area contributed by atoms with E-state index in [1.54, 1.807) is 0 Å². The Bertz CT molecular complexity index is 282. The summed E-state index contributed by atoms with van der Waals surface area (Å²) < 4.78 is 6.44. The molecule has 2 fully saturated rings. The highest BCUT2D eigenvalue weighted by Crippen LogP contribution is 2.43. The Kier molecular flexibility index (Phi) is 4.91. The highest BCUT2D eigenvalue weighted by Gasteiger charge is 2.43. The Hall–Kier alpha value is -0.120. The van der Waals surface area contributed by atoms with Crippen LogP contribution < -0.4 is 5.73 Å². The number of rotatable bonds is 6. The molecule has 2 unspecified atom stereocenters. The molecule has 2 rings (SSSR count). The molecule has 1 saturated heterocycles. The van der Waals surface area contributed by atoms with Crippen molar-refractivity contribution in [2.24, 2.45) is 5.73 Å². The average molecular weight is 268 g/mol. The van der Waals surface area contributed by atoms with Gasteiger partial charge in [-0.05, 0) is 45.6 Å². The minimum atomic E-state index is 0.129. The first-order valence-corrected chi connectivity index (χ1v) is 8.20. The standard InChI is InChI=1S/C16H32N2O/c1-4-15(3,13-17)18(5-2)12-14-8-11-16(19-14)9-6-7-10-16/h14H,4-13,17H2,1-3H3. The number of ether oxygens (including phenoxy) is 1. The number of likely N-dealkylation sites (N-methyl/N-ethyl adjacent to an activating group) is 1. The van der Waals surface area contributed by atoms with Gasteiger partial charge >= 0.3 is 0 Å². The Morgan fingerprint density at radius 2 is 1.95 bits per heavy atom. The Labute approximate surface area is 118 Å². The smallest absolute Gasteiger partial charge is 0.0710 e. The second kappa shape index (κ2) is 6.11. The lowest BCUT2D eigenvalue weighted by molar-refractivity contribution is -0.0581. The van der Waals surface area contributed by atoms with Crippen LogP contribution >= 0.6 is 0 Å². The van der Waals surface area contributed by atoms with Crippen molar-refractivity contribution < 1.29 is 4.74 Å². The molecular formula is C16H32N2O. The molecule has 19 heavy (non-hydrogen) atoms. The van der Waals surface area contributed by atoms with E-state index in [0.29, 0.717) is 6.10 Å². The third-order valence-corrected chi connectivity index (χ3v) is 5.62. The lowest BCUT2D eigenvalue weighted by atomic mass is 9.95. The predicted octanol–water partition coefficient (Wildman–Crippen LogP) is 2.93. The second-order valence-electron chi connectivity index (χ2n) is 6.76. The Morgan fingerprint density at radius 1 is 1.26 bits per heavy atom. The van der Waals surface area contributed by atoms with Crippen LogP contribution in [0, 0.1) is 0 Å². The van der Waals surface area contributed by atoms with E-state index in [1.807, 2.05) is 0 Å². The summed E-state index contributed by atoms with van der Waals surface area (Å²) in [5, 5.41) is 0. The summed E-state index contributed by atoms with van der Waals surface area (Å²) in [4.78, 5) is 2.53. The molecule has 0 radical (unpaired) electrons. The Balaban J connectivity index is 1.93. The number of nitrogens with zero attached hydrogens (tertiary/aromatic N) is 1. The third-order valence-electron chi connectivity index (χ3n) is 5.62. The van der Waals surface area contributed by atoms with Crippen LogP contribution in [0.15, 0.2) is 0 Å². The minimum absolute atomic E-state index is 0.129. The van der Waals surface area contributed by atoms with E-state index in [-0.39, 0.29) is 11.1 Å². The normalized spacial score (nSPS) is 29.2. The van der Waals surface area contributed by atoms with E-state index < -0.39 is 0 Å². The summed E-state index contributed by atoms with van der Waals surface area (Å²) in [6.45, 7) is 9.62. The molecule has 1 spiro atoms. The topological polar surface area (TPSA) is 38.5 Å². The molecule has 2 atom stereocenters. The molecule has 0 amide bonds. The quantitative estimate of drug-likeness (QED) is 0.805. The van der Waals surface area contributed by atoms with Crippen molar-refractivity contribution in [3.05, 3.63) is 0 Å². The molecule has 1 aliphatic carbocycles. The van der Waals surface area contributed by atoms with Gasteiger partial charge in [-0.15, -0.1) is 0 Å². The highest BCUT2D eigenvalue weighted by molar-refractivity contribution is 4.95. The molecule has 0 aromatic rings. The van der Waals surface area contributed by atoms with Crippen LogP contribution in [0.4, 0.5) is 0 Å². The van der Waals surface area contributed by atoms with E-state index >= 15 is 0 Å². The van der Waals surface area contributed by atoms with Crippen molar-refractivity contribution in [1.29, 1.82) is 0 Å². The third kappa shape index (κ3) is 3.14. The molecule has 1 heterocycles. The molecule has 2 aliphatic rings. The van der Waals surface area contributed by atoms with Crippen molar-refractivity contribution in [1.82, 2.24) is 4.90 Å². The van der Waals surface area contributed by atoms with Gasteiger partial charge in [0.25, 0.3) is 0 Å². The van der Waals surface area contributed by atoms with Gasteiger partial charge in [0.1, 0.15) is 0 Å². The summed E-state index contributed by atoms with van der Waals surface area (Å²) in [5.41, 5.74) is 6.39. The molecule has 0 aromatic heterocycles. The van der Waals surface area contributed by atoms with E-state index in [1.165, 1.54) is 38.5 Å². The lowest BCUT2D eigenvalue weighted by Gasteiger charge is -2.41. The zero-order valence-electron chi connectivity index (χ0n) is 13.1. The molecular weight excluding hydrogens is 236 g/mol. The number of nitrogens with two attached hydrogens (primary N) is 1. The van der Waals surface area contributed by atoms with Gasteiger partial charge in [-0.1, -0.05) is 26.7 Å². The minimum Gasteiger partial charge on any atom is -0.370 e. The monoisotopic (exact) mass is 268 g/mol. The first-order valence-electron chi connectivity index (χ1n) is 8.20. The zero-order valence-corrected chi connectivity index (χ0v) is 13.1. The van der Waals surface area contributed by atoms with E-state index in [9.17, 15) is 0 Å². The summed E-state index contributed by atoms with van der Waals surface area (Å²) in [5.74, 6) is 0. The van der Waals surface area contributed by atoms with Crippen LogP contribution in [0.25, 0.3) is 0 Å². The lowest BCUT2D eigenvalue weighted by Crippen LogP contribution is -2.53. The summed E-state index contributed by atoms with van der Waals surface area (Å²) in [7, 11) is 0. The molecule has 2 N–H and O–H groups in total. The summed E-state index contributed by atoms with van der Waals surface area (Å²) >= 11 is 0. The number of hydrogen-bond donors (Lipinski definition) is 1. The first-order chi connectivity index (χ1) is 9.07. The fourth-order valence-corrected chi connectivity index (χ4v) is 3.89. The molecule has 3 heteroatoms. The fourth-order valence-electron chi connectivity index (χ4n) is 3.89. The maximum atomic E-state index is 6.44. The highest BCUT2D eigenvalue weighted by atomic mass is 16.5. The van der Waals surface area contributed by atoms with Crippen molar-refractivity contribution in [2.75, 3.05) is 19.6 Å². The van der Waals surface area contributed by atoms with Crippen LogP contribution in [-0.2, 0) is 4.74 Å². The molecule has 3 nitrogen and oxygen atoms in total. The van der Waals surface area contributed by atoms with Crippen molar-refractivity contribution in [3.63, 3.8) is 0 Å². The maximum Gasteiger partial charge on any atom is 0.0710 e. The summed E-state index contributed by atoms with van der Waals surface area (Å²) in [6, 6.07) is 0.